The fourth-order valence-electron chi connectivity index (χ4n) is 3.82. The molecule has 2 aliphatic rings. The van der Waals surface area contributed by atoms with Gasteiger partial charge in [-0.25, -0.2) is 4.98 Å². The van der Waals surface area contributed by atoms with Gasteiger partial charge in [-0.1, -0.05) is 18.2 Å². The molecule has 0 bridgehead atoms. The number of hydrogen-bond acceptors (Lipinski definition) is 4. The van der Waals surface area contributed by atoms with Crippen molar-refractivity contribution >= 4 is 29.9 Å². The van der Waals surface area contributed by atoms with Crippen LogP contribution >= 0.6 is 24.0 Å². The van der Waals surface area contributed by atoms with Crippen LogP contribution < -0.4 is 10.6 Å². The lowest BCUT2D eigenvalue weighted by Gasteiger charge is -2.20. The van der Waals surface area contributed by atoms with Crippen molar-refractivity contribution in [3.63, 3.8) is 0 Å². The van der Waals surface area contributed by atoms with Crippen molar-refractivity contribution in [3.8, 4) is 11.4 Å². The molecule has 1 aliphatic heterocycles. The van der Waals surface area contributed by atoms with Crippen molar-refractivity contribution < 1.29 is 0 Å². The van der Waals surface area contributed by atoms with Crippen LogP contribution in [-0.2, 0) is 6.54 Å². The first kappa shape index (κ1) is 20.1. The molecule has 2 fully saturated rings. The standard InChI is InChI=1S/C19H27N7.HI/c1-13-8-16(11-26(13)17-6-7-17)24-19(20-2)21-10-14-4-3-5-15(9-14)18-22-12-23-25-18;/h3-5,9,12-13,16-17H,6-8,10-11H2,1-2H3,(H2,20,21,24)(H,22,23,25);1H. The second-order valence-corrected chi connectivity index (χ2v) is 7.31. The third kappa shape index (κ3) is 4.98. The third-order valence-corrected chi connectivity index (χ3v) is 5.28. The average Bonchev–Trinajstić information content (AvgIpc) is 3.21. The predicted octanol–water partition coefficient (Wildman–Crippen LogP) is 2.38. The van der Waals surface area contributed by atoms with E-state index in [1.165, 1.54) is 31.2 Å². The predicted molar refractivity (Wildman–Crippen MR) is 118 cm³/mol. The Hall–Kier alpha value is -1.68. The summed E-state index contributed by atoms with van der Waals surface area (Å²) < 4.78 is 0. The van der Waals surface area contributed by atoms with Crippen LogP contribution in [0, 0.1) is 0 Å². The number of rotatable bonds is 5. The first-order valence-corrected chi connectivity index (χ1v) is 9.40. The topological polar surface area (TPSA) is 81.2 Å². The van der Waals surface area contributed by atoms with Crippen LogP contribution in [0.3, 0.4) is 0 Å². The van der Waals surface area contributed by atoms with E-state index in [0.29, 0.717) is 12.1 Å². The summed E-state index contributed by atoms with van der Waals surface area (Å²) in [5.74, 6) is 1.65. The second-order valence-electron chi connectivity index (χ2n) is 7.31. The molecule has 3 N–H and O–H groups in total. The minimum Gasteiger partial charge on any atom is -0.352 e. The number of nitrogens with zero attached hydrogens (tertiary/aromatic N) is 4. The minimum atomic E-state index is 0. The number of aromatic nitrogens is 3. The summed E-state index contributed by atoms with van der Waals surface area (Å²) in [5.41, 5.74) is 2.22. The van der Waals surface area contributed by atoms with Gasteiger partial charge in [0.25, 0.3) is 0 Å². The molecular weight excluding hydrogens is 453 g/mol. The van der Waals surface area contributed by atoms with Gasteiger partial charge in [0.15, 0.2) is 11.8 Å². The quantitative estimate of drug-likeness (QED) is 0.347. The maximum atomic E-state index is 4.40. The van der Waals surface area contributed by atoms with Crippen molar-refractivity contribution in [1.29, 1.82) is 0 Å². The Kier molecular flexibility index (Phi) is 6.69. The summed E-state index contributed by atoms with van der Waals surface area (Å²) in [4.78, 5) is 11.3. The molecule has 1 aromatic heterocycles. The fourth-order valence-corrected chi connectivity index (χ4v) is 3.82. The van der Waals surface area contributed by atoms with Crippen molar-refractivity contribution in [2.24, 2.45) is 4.99 Å². The molecule has 0 radical (unpaired) electrons. The van der Waals surface area contributed by atoms with E-state index in [1.54, 1.807) is 0 Å². The van der Waals surface area contributed by atoms with Crippen LogP contribution in [0.25, 0.3) is 11.4 Å². The summed E-state index contributed by atoms with van der Waals surface area (Å²) >= 11 is 0. The average molecular weight is 481 g/mol. The van der Waals surface area contributed by atoms with Crippen LogP contribution in [-0.4, -0.2) is 57.8 Å². The maximum Gasteiger partial charge on any atom is 0.191 e. The molecule has 1 saturated heterocycles. The number of H-pyrrole nitrogens is 1. The van der Waals surface area contributed by atoms with Gasteiger partial charge in [-0.05, 0) is 37.8 Å². The van der Waals surface area contributed by atoms with E-state index in [4.69, 9.17) is 0 Å². The Morgan fingerprint density at radius 1 is 1.37 bits per heavy atom. The highest BCUT2D eigenvalue weighted by molar-refractivity contribution is 14.0. The van der Waals surface area contributed by atoms with Crippen molar-refractivity contribution in [1.82, 2.24) is 30.7 Å². The van der Waals surface area contributed by atoms with Gasteiger partial charge in [-0.3, -0.25) is 15.0 Å². The number of halogens is 1. The Morgan fingerprint density at radius 3 is 2.93 bits per heavy atom. The fraction of sp³-hybridized carbons (Fsp3) is 0.526. The lowest BCUT2D eigenvalue weighted by molar-refractivity contribution is 0.256. The highest BCUT2D eigenvalue weighted by Crippen LogP contribution is 2.33. The van der Waals surface area contributed by atoms with Gasteiger partial charge in [-0.15, -0.1) is 24.0 Å². The minimum absolute atomic E-state index is 0. The zero-order valence-corrected chi connectivity index (χ0v) is 18.2. The van der Waals surface area contributed by atoms with Crippen molar-refractivity contribution in [2.75, 3.05) is 13.6 Å². The molecule has 2 atom stereocenters. The summed E-state index contributed by atoms with van der Waals surface area (Å²) in [6.45, 7) is 4.18. The van der Waals surface area contributed by atoms with E-state index in [-0.39, 0.29) is 24.0 Å². The summed E-state index contributed by atoms with van der Waals surface area (Å²) in [7, 11) is 1.83. The molecule has 4 rings (SSSR count). The number of hydrogen-bond donors (Lipinski definition) is 3. The summed E-state index contributed by atoms with van der Waals surface area (Å²) in [6.07, 6.45) is 5.44. The van der Waals surface area contributed by atoms with E-state index < -0.39 is 0 Å². The number of benzene rings is 1. The Bertz CT molecular complexity index is 757. The lowest BCUT2D eigenvalue weighted by atomic mass is 10.1. The summed E-state index contributed by atoms with van der Waals surface area (Å²) in [5, 5.41) is 13.8. The molecular formula is C19H28IN7. The van der Waals surface area contributed by atoms with Gasteiger partial charge in [0.05, 0.1) is 0 Å². The first-order chi connectivity index (χ1) is 12.7. The third-order valence-electron chi connectivity index (χ3n) is 5.28. The van der Waals surface area contributed by atoms with E-state index in [0.717, 1.165) is 36.5 Å². The highest BCUT2D eigenvalue weighted by atomic mass is 127. The first-order valence-electron chi connectivity index (χ1n) is 9.40. The number of aromatic amines is 1. The number of aliphatic imine (C=N–C) groups is 1. The molecule has 8 heteroatoms. The second kappa shape index (κ2) is 9.01. The normalized spacial score (nSPS) is 23.1. The zero-order chi connectivity index (χ0) is 17.9. The van der Waals surface area contributed by atoms with Crippen LogP contribution in [0.5, 0.6) is 0 Å². The van der Waals surface area contributed by atoms with Crippen molar-refractivity contribution in [2.45, 2.75) is 50.9 Å². The Balaban J connectivity index is 0.00000210. The number of nitrogens with one attached hydrogen (secondary N) is 3. The molecule has 1 aliphatic carbocycles. The SMILES string of the molecule is CN=C(NCc1cccc(-c2ncn[nH]2)c1)NC1CC(C)N(C2CC2)C1.I. The molecule has 7 nitrogen and oxygen atoms in total. The van der Waals surface area contributed by atoms with E-state index in [1.807, 2.05) is 19.2 Å². The van der Waals surface area contributed by atoms with E-state index in [9.17, 15) is 0 Å². The van der Waals surface area contributed by atoms with Gasteiger partial charge >= 0.3 is 0 Å². The van der Waals surface area contributed by atoms with Crippen molar-refractivity contribution in [3.05, 3.63) is 36.2 Å². The van der Waals surface area contributed by atoms with E-state index in [2.05, 4.69) is 54.8 Å². The lowest BCUT2D eigenvalue weighted by Crippen LogP contribution is -2.44. The Morgan fingerprint density at radius 2 is 2.22 bits per heavy atom. The van der Waals surface area contributed by atoms with Gasteiger partial charge in [0.2, 0.25) is 0 Å². The molecule has 1 aromatic carbocycles. The van der Waals surface area contributed by atoms with Gasteiger partial charge in [0, 0.05) is 43.8 Å². The number of likely N-dealkylation sites (tertiary alicyclic amines) is 1. The zero-order valence-electron chi connectivity index (χ0n) is 15.9. The molecule has 146 valence electrons. The molecule has 0 amide bonds. The molecule has 0 spiro atoms. The van der Waals surface area contributed by atoms with Gasteiger partial charge in [0.1, 0.15) is 6.33 Å². The molecule has 2 heterocycles. The highest BCUT2D eigenvalue weighted by Gasteiger charge is 2.38. The number of guanidine groups is 1. The molecule has 2 aromatic rings. The van der Waals surface area contributed by atoms with Crippen LogP contribution in [0.15, 0.2) is 35.6 Å². The van der Waals surface area contributed by atoms with Crippen LogP contribution in [0.1, 0.15) is 31.7 Å². The van der Waals surface area contributed by atoms with E-state index >= 15 is 0 Å². The summed E-state index contributed by atoms with van der Waals surface area (Å²) in [6, 6.07) is 10.3. The molecule has 1 saturated carbocycles. The van der Waals surface area contributed by atoms with Crippen LogP contribution in [0.4, 0.5) is 0 Å². The Labute approximate surface area is 177 Å². The monoisotopic (exact) mass is 481 g/mol. The largest absolute Gasteiger partial charge is 0.352 e. The smallest absolute Gasteiger partial charge is 0.191 e. The van der Waals surface area contributed by atoms with Gasteiger partial charge in [-0.2, -0.15) is 5.10 Å². The van der Waals surface area contributed by atoms with Crippen LogP contribution in [0.2, 0.25) is 0 Å². The van der Waals surface area contributed by atoms with Gasteiger partial charge < -0.3 is 10.6 Å². The molecule has 27 heavy (non-hydrogen) atoms. The molecule has 2 unspecified atom stereocenters. The maximum absolute atomic E-state index is 4.40.